The molecular weight excluding hydrogens is 633 g/mol. The molecule has 230 valence electrons. The van der Waals surface area contributed by atoms with Gasteiger partial charge in [-0.15, -0.1) is 11.8 Å². The summed E-state index contributed by atoms with van der Waals surface area (Å²) >= 11 is 7.02. The Morgan fingerprint density at radius 2 is 1.56 bits per heavy atom. The van der Waals surface area contributed by atoms with Gasteiger partial charge in [0.15, 0.2) is 0 Å². The zero-order valence-corrected chi connectivity index (χ0v) is 24.5. The Morgan fingerprint density at radius 3 is 2.22 bits per heavy atom. The number of alkyl halides is 3. The van der Waals surface area contributed by atoms with Crippen molar-refractivity contribution in [2.24, 2.45) is 0 Å². The monoisotopic (exact) mass is 654 g/mol. The van der Waals surface area contributed by atoms with Gasteiger partial charge in [0.25, 0.3) is 17.5 Å². The molecule has 9 nitrogen and oxygen atoms in total. The first kappa shape index (κ1) is 32.8. The van der Waals surface area contributed by atoms with Crippen molar-refractivity contribution >= 4 is 64.2 Å². The summed E-state index contributed by atoms with van der Waals surface area (Å²) in [6.07, 6.45) is -3.40. The maximum atomic E-state index is 13.2. The van der Waals surface area contributed by atoms with Crippen molar-refractivity contribution in [2.75, 3.05) is 16.4 Å². The van der Waals surface area contributed by atoms with E-state index in [0.717, 1.165) is 30.0 Å². The number of carbonyl (C=O) groups excluding carboxylic acids is 3. The SMILES string of the molecule is O=C(CSc1ccc(NC(=O)/C(=C/c2ccccc2[N+](=O)[O-])NC(=O)c2ccccc2)cc1)Nc1cc(C(F)(F)F)ccc1Cl. The average molecular weight is 655 g/mol. The predicted molar refractivity (Wildman–Crippen MR) is 166 cm³/mol. The van der Waals surface area contributed by atoms with Gasteiger partial charge in [-0.05, 0) is 66.7 Å². The molecule has 4 rings (SSSR count). The first-order chi connectivity index (χ1) is 21.4. The van der Waals surface area contributed by atoms with Gasteiger partial charge < -0.3 is 16.0 Å². The molecular formula is C31H22ClF3N4O5S. The fourth-order valence-corrected chi connectivity index (χ4v) is 4.70. The number of hydrogen-bond donors (Lipinski definition) is 3. The van der Waals surface area contributed by atoms with Crippen molar-refractivity contribution in [2.45, 2.75) is 11.1 Å². The molecule has 0 saturated heterocycles. The number of halogens is 4. The first-order valence-electron chi connectivity index (χ1n) is 12.9. The van der Waals surface area contributed by atoms with Crippen LogP contribution >= 0.6 is 23.4 Å². The van der Waals surface area contributed by atoms with Crippen LogP contribution in [0.2, 0.25) is 5.02 Å². The molecule has 45 heavy (non-hydrogen) atoms. The number of nitrogens with zero attached hydrogens (tertiary/aromatic N) is 1. The van der Waals surface area contributed by atoms with Crippen LogP contribution in [0.1, 0.15) is 21.5 Å². The van der Waals surface area contributed by atoms with E-state index < -0.39 is 34.4 Å². The van der Waals surface area contributed by atoms with E-state index in [1.807, 2.05) is 0 Å². The minimum atomic E-state index is -4.60. The molecule has 0 bridgehead atoms. The second-order valence-corrected chi connectivity index (χ2v) is 10.7. The topological polar surface area (TPSA) is 130 Å². The third-order valence-electron chi connectivity index (χ3n) is 6.01. The number of nitrogens with one attached hydrogen (secondary N) is 3. The third kappa shape index (κ3) is 9.17. The van der Waals surface area contributed by atoms with E-state index in [1.165, 1.54) is 36.4 Å². The number of benzene rings is 4. The van der Waals surface area contributed by atoms with Crippen LogP contribution in [-0.4, -0.2) is 28.4 Å². The zero-order valence-electron chi connectivity index (χ0n) is 22.9. The van der Waals surface area contributed by atoms with Crippen LogP contribution in [0.4, 0.5) is 30.2 Å². The molecule has 0 aliphatic carbocycles. The molecule has 0 heterocycles. The van der Waals surface area contributed by atoms with Crippen LogP contribution in [0.15, 0.2) is 108 Å². The number of nitro groups is 1. The Hall–Kier alpha value is -5.14. The fourth-order valence-electron chi connectivity index (χ4n) is 3.84. The summed E-state index contributed by atoms with van der Waals surface area (Å²) in [5.74, 6) is -2.09. The Bertz CT molecular complexity index is 1770. The van der Waals surface area contributed by atoms with Crippen LogP contribution in [0, 0.1) is 10.1 Å². The molecule has 4 aromatic carbocycles. The average Bonchev–Trinajstić information content (AvgIpc) is 3.01. The molecule has 0 saturated carbocycles. The summed E-state index contributed by atoms with van der Waals surface area (Å²) in [6.45, 7) is 0. The Balaban J connectivity index is 1.44. The Kier molecular flexibility index (Phi) is 10.6. The molecule has 0 radical (unpaired) electrons. The summed E-state index contributed by atoms with van der Waals surface area (Å²) in [6, 6.07) is 22.7. The lowest BCUT2D eigenvalue weighted by Gasteiger charge is -2.12. The smallest absolute Gasteiger partial charge is 0.324 e. The highest BCUT2D eigenvalue weighted by Gasteiger charge is 2.31. The molecule has 0 aliphatic rings. The summed E-state index contributed by atoms with van der Waals surface area (Å²) < 4.78 is 39.0. The lowest BCUT2D eigenvalue weighted by atomic mass is 10.1. The highest BCUT2D eigenvalue weighted by Crippen LogP contribution is 2.34. The van der Waals surface area contributed by atoms with E-state index in [4.69, 9.17) is 11.6 Å². The number of hydrogen-bond acceptors (Lipinski definition) is 6. The number of anilines is 2. The van der Waals surface area contributed by atoms with Crippen molar-refractivity contribution in [1.29, 1.82) is 0 Å². The highest BCUT2D eigenvalue weighted by atomic mass is 35.5. The third-order valence-corrected chi connectivity index (χ3v) is 7.35. The van der Waals surface area contributed by atoms with Gasteiger partial charge in [-0.1, -0.05) is 41.9 Å². The van der Waals surface area contributed by atoms with E-state index >= 15 is 0 Å². The Morgan fingerprint density at radius 1 is 0.889 bits per heavy atom. The van der Waals surface area contributed by atoms with Gasteiger partial charge >= 0.3 is 6.18 Å². The molecule has 14 heteroatoms. The van der Waals surface area contributed by atoms with E-state index in [9.17, 15) is 37.7 Å². The summed E-state index contributed by atoms with van der Waals surface area (Å²) in [5.41, 5.74) is -0.964. The maximum Gasteiger partial charge on any atom is 0.416 e. The minimum absolute atomic E-state index is 0.0447. The largest absolute Gasteiger partial charge is 0.416 e. The summed E-state index contributed by atoms with van der Waals surface area (Å²) in [7, 11) is 0. The molecule has 3 N–H and O–H groups in total. The molecule has 0 spiro atoms. The zero-order chi connectivity index (χ0) is 32.6. The molecule has 0 atom stereocenters. The van der Waals surface area contributed by atoms with Crippen LogP contribution in [0.3, 0.4) is 0 Å². The van der Waals surface area contributed by atoms with Crippen molar-refractivity contribution < 1.29 is 32.5 Å². The van der Waals surface area contributed by atoms with Gasteiger partial charge in [-0.25, -0.2) is 0 Å². The van der Waals surface area contributed by atoms with E-state index in [1.54, 1.807) is 48.5 Å². The van der Waals surface area contributed by atoms with Gasteiger partial charge in [0.2, 0.25) is 5.91 Å². The predicted octanol–water partition coefficient (Wildman–Crippen LogP) is 7.41. The van der Waals surface area contributed by atoms with Crippen molar-refractivity contribution in [1.82, 2.24) is 5.32 Å². The standard InChI is InChI=1S/C31H22ClF3N4O5S/c32-24-15-10-21(31(33,34)35)17-25(24)37-28(40)18-45-23-13-11-22(12-14-23)36-30(42)26(38-29(41)19-6-2-1-3-7-19)16-20-8-4-5-9-27(20)39(43)44/h1-17H,18H2,(H,36,42)(H,37,40)(H,38,41)/b26-16-. The van der Waals surface area contributed by atoms with Gasteiger partial charge in [-0.3, -0.25) is 24.5 Å². The van der Waals surface area contributed by atoms with Crippen LogP contribution < -0.4 is 16.0 Å². The van der Waals surface area contributed by atoms with E-state index in [0.29, 0.717) is 10.6 Å². The second-order valence-electron chi connectivity index (χ2n) is 9.20. The molecule has 3 amide bonds. The number of thioether (sulfide) groups is 1. The first-order valence-corrected chi connectivity index (χ1v) is 14.3. The normalized spacial score (nSPS) is 11.4. The van der Waals surface area contributed by atoms with Gasteiger partial charge in [-0.2, -0.15) is 13.2 Å². The van der Waals surface area contributed by atoms with Crippen LogP contribution in [-0.2, 0) is 15.8 Å². The van der Waals surface area contributed by atoms with E-state index in [-0.39, 0.29) is 39.0 Å². The Labute approximate surface area is 263 Å². The van der Waals surface area contributed by atoms with Crippen molar-refractivity contribution in [3.05, 3.63) is 135 Å². The van der Waals surface area contributed by atoms with Crippen molar-refractivity contribution in [3.63, 3.8) is 0 Å². The molecule has 0 aliphatic heterocycles. The van der Waals surface area contributed by atoms with Crippen LogP contribution in [0.25, 0.3) is 6.08 Å². The number of amides is 3. The van der Waals surface area contributed by atoms with Crippen LogP contribution in [0.5, 0.6) is 0 Å². The molecule has 4 aromatic rings. The van der Waals surface area contributed by atoms with E-state index in [2.05, 4.69) is 16.0 Å². The number of nitro benzene ring substituents is 1. The minimum Gasteiger partial charge on any atom is -0.324 e. The van der Waals surface area contributed by atoms with Gasteiger partial charge in [0.05, 0.1) is 32.5 Å². The highest BCUT2D eigenvalue weighted by molar-refractivity contribution is 8.00. The molecule has 0 aromatic heterocycles. The lowest BCUT2D eigenvalue weighted by molar-refractivity contribution is -0.385. The van der Waals surface area contributed by atoms with Crippen molar-refractivity contribution in [3.8, 4) is 0 Å². The second kappa shape index (κ2) is 14.6. The number of carbonyl (C=O) groups is 3. The van der Waals surface area contributed by atoms with Gasteiger partial charge in [0, 0.05) is 22.2 Å². The summed E-state index contributed by atoms with van der Waals surface area (Å²) in [5, 5.41) is 19.0. The number of rotatable bonds is 10. The molecule has 0 fully saturated rings. The van der Waals surface area contributed by atoms with Gasteiger partial charge in [0.1, 0.15) is 5.70 Å². The lowest BCUT2D eigenvalue weighted by Crippen LogP contribution is -2.30. The quantitative estimate of drug-likeness (QED) is 0.0707. The fraction of sp³-hybridized carbons (Fsp3) is 0.0645. The molecule has 0 unspecified atom stereocenters. The number of para-hydroxylation sites is 1. The summed E-state index contributed by atoms with van der Waals surface area (Å²) in [4.78, 5) is 50.0. The maximum absolute atomic E-state index is 13.2.